The smallest absolute Gasteiger partial charge is 0.133 e. The van der Waals surface area contributed by atoms with Crippen LogP contribution in [0.1, 0.15) is 29.3 Å². The van der Waals surface area contributed by atoms with Gasteiger partial charge in [0.05, 0.1) is 5.69 Å². The topological polar surface area (TPSA) is 64.9 Å². The number of rotatable bonds is 6. The maximum Gasteiger partial charge on any atom is 0.133 e. The number of hydrogen-bond acceptors (Lipinski definition) is 5. The molecule has 0 amide bonds. The summed E-state index contributed by atoms with van der Waals surface area (Å²) >= 11 is 0. The van der Waals surface area contributed by atoms with Gasteiger partial charge in [-0.2, -0.15) is 0 Å². The van der Waals surface area contributed by atoms with Crippen molar-refractivity contribution in [1.82, 2.24) is 25.1 Å². The Balaban J connectivity index is 1.32. The molecular weight excluding hydrogens is 326 g/mol. The Bertz CT molecular complexity index is 862. The fraction of sp³-hybridized carbons (Fsp3) is 0.350. The lowest BCUT2D eigenvalue weighted by atomic mass is 10.1. The van der Waals surface area contributed by atoms with Crippen LogP contribution >= 0.6 is 0 Å². The van der Waals surface area contributed by atoms with Crippen molar-refractivity contribution in [2.75, 3.05) is 0 Å². The highest BCUT2D eigenvalue weighted by atomic mass is 16.5. The molecule has 0 saturated carbocycles. The van der Waals surface area contributed by atoms with Gasteiger partial charge >= 0.3 is 0 Å². The molecule has 134 valence electrons. The van der Waals surface area contributed by atoms with Crippen LogP contribution < -0.4 is 10.1 Å². The van der Waals surface area contributed by atoms with Crippen molar-refractivity contribution in [3.8, 4) is 5.75 Å². The molecule has 3 heterocycles. The molecule has 1 aliphatic rings. The Morgan fingerprint density at radius 2 is 2.15 bits per heavy atom. The van der Waals surface area contributed by atoms with Crippen LogP contribution in [0.2, 0.25) is 0 Å². The molecule has 26 heavy (non-hydrogen) atoms. The van der Waals surface area contributed by atoms with Crippen molar-refractivity contribution < 1.29 is 4.74 Å². The Hall–Kier alpha value is -2.73. The van der Waals surface area contributed by atoms with Crippen LogP contribution in [0.25, 0.3) is 0 Å². The summed E-state index contributed by atoms with van der Waals surface area (Å²) in [6.45, 7) is 4.25. The standard InChI is InChI=1S/C20H23N5O/c1-15-23-24-20-9-8-17(13-25(15)20)22-12-16-5-4-7-19(11-16)26-14-18-6-2-3-10-21-18/h2-7,10-11,17,22H,8-9,12-14H2,1H3. The van der Waals surface area contributed by atoms with E-state index in [1.54, 1.807) is 6.20 Å². The lowest BCUT2D eigenvalue weighted by Gasteiger charge is -2.25. The fourth-order valence-electron chi connectivity index (χ4n) is 3.28. The summed E-state index contributed by atoms with van der Waals surface area (Å²) in [5.41, 5.74) is 2.15. The van der Waals surface area contributed by atoms with Crippen molar-refractivity contribution in [3.05, 3.63) is 71.6 Å². The quantitative estimate of drug-likeness (QED) is 0.741. The molecule has 3 aromatic rings. The largest absolute Gasteiger partial charge is 0.487 e. The molecular formula is C20H23N5O. The summed E-state index contributed by atoms with van der Waals surface area (Å²) in [7, 11) is 0. The molecule has 1 unspecified atom stereocenters. The van der Waals surface area contributed by atoms with Crippen molar-refractivity contribution in [2.24, 2.45) is 0 Å². The molecule has 6 heteroatoms. The molecule has 1 N–H and O–H groups in total. The van der Waals surface area contributed by atoms with Gasteiger partial charge in [-0.25, -0.2) is 0 Å². The molecule has 0 radical (unpaired) electrons. The van der Waals surface area contributed by atoms with E-state index in [1.807, 2.05) is 37.3 Å². The third-order valence-corrected chi connectivity index (χ3v) is 4.74. The van der Waals surface area contributed by atoms with Crippen LogP contribution in [0.3, 0.4) is 0 Å². The first-order chi connectivity index (χ1) is 12.8. The fourth-order valence-corrected chi connectivity index (χ4v) is 3.28. The van der Waals surface area contributed by atoms with Crippen LogP contribution in [0, 0.1) is 6.92 Å². The van der Waals surface area contributed by atoms with Gasteiger partial charge in [-0.05, 0) is 43.2 Å². The predicted octanol–water partition coefficient (Wildman–Crippen LogP) is 2.67. The second kappa shape index (κ2) is 7.66. The van der Waals surface area contributed by atoms with Gasteiger partial charge in [-0.1, -0.05) is 18.2 Å². The first-order valence-corrected chi connectivity index (χ1v) is 9.01. The van der Waals surface area contributed by atoms with Gasteiger partial charge in [-0.15, -0.1) is 10.2 Å². The van der Waals surface area contributed by atoms with Crippen LogP contribution in [-0.2, 0) is 26.1 Å². The van der Waals surface area contributed by atoms with Gasteiger partial charge in [0.1, 0.15) is 24.0 Å². The van der Waals surface area contributed by atoms with Crippen molar-refractivity contribution in [3.63, 3.8) is 0 Å². The molecule has 1 aromatic carbocycles. The minimum Gasteiger partial charge on any atom is -0.487 e. The zero-order valence-electron chi connectivity index (χ0n) is 14.9. The molecule has 0 aliphatic carbocycles. The number of fused-ring (bicyclic) bond motifs is 1. The number of hydrogen-bond donors (Lipinski definition) is 1. The second-order valence-electron chi connectivity index (χ2n) is 6.65. The zero-order chi connectivity index (χ0) is 17.8. The molecule has 0 saturated heterocycles. The normalized spacial score (nSPS) is 16.3. The van der Waals surface area contributed by atoms with Gasteiger partial charge in [0.15, 0.2) is 0 Å². The van der Waals surface area contributed by atoms with E-state index in [0.29, 0.717) is 12.6 Å². The van der Waals surface area contributed by atoms with Crippen molar-refractivity contribution in [2.45, 2.75) is 45.5 Å². The summed E-state index contributed by atoms with van der Waals surface area (Å²) in [5.74, 6) is 2.97. The number of aryl methyl sites for hydroxylation is 2. The number of pyridine rings is 1. The van der Waals surface area contributed by atoms with Gasteiger partial charge in [0, 0.05) is 31.7 Å². The zero-order valence-corrected chi connectivity index (χ0v) is 14.9. The van der Waals surface area contributed by atoms with Crippen LogP contribution in [-0.4, -0.2) is 25.8 Å². The maximum absolute atomic E-state index is 5.87. The molecule has 0 fully saturated rings. The van der Waals surface area contributed by atoms with Gasteiger partial charge in [0.2, 0.25) is 0 Å². The van der Waals surface area contributed by atoms with E-state index in [1.165, 1.54) is 5.56 Å². The molecule has 4 rings (SSSR count). The second-order valence-corrected chi connectivity index (χ2v) is 6.65. The lowest BCUT2D eigenvalue weighted by molar-refractivity contribution is 0.300. The molecule has 1 atom stereocenters. The highest BCUT2D eigenvalue weighted by Gasteiger charge is 2.20. The molecule has 6 nitrogen and oxygen atoms in total. The third-order valence-electron chi connectivity index (χ3n) is 4.74. The maximum atomic E-state index is 5.87. The SMILES string of the molecule is Cc1nnc2n1CC(NCc1cccc(OCc3ccccn3)c1)CC2. The molecule has 0 bridgehead atoms. The van der Waals surface area contributed by atoms with E-state index in [4.69, 9.17) is 4.74 Å². The minimum atomic E-state index is 0.440. The number of ether oxygens (including phenoxy) is 1. The number of aromatic nitrogens is 4. The highest BCUT2D eigenvalue weighted by molar-refractivity contribution is 5.28. The van der Waals surface area contributed by atoms with E-state index < -0.39 is 0 Å². The number of nitrogens with zero attached hydrogens (tertiary/aromatic N) is 4. The highest BCUT2D eigenvalue weighted by Crippen LogP contribution is 2.17. The third kappa shape index (κ3) is 3.91. The van der Waals surface area contributed by atoms with E-state index in [-0.39, 0.29) is 0 Å². The van der Waals surface area contributed by atoms with Crippen LogP contribution in [0.4, 0.5) is 0 Å². The van der Waals surface area contributed by atoms with E-state index >= 15 is 0 Å². The molecule has 0 spiro atoms. The van der Waals surface area contributed by atoms with Crippen molar-refractivity contribution >= 4 is 0 Å². The predicted molar refractivity (Wildman–Crippen MR) is 98.7 cm³/mol. The first-order valence-electron chi connectivity index (χ1n) is 9.01. The summed E-state index contributed by atoms with van der Waals surface area (Å²) in [6.07, 6.45) is 3.85. The average molecular weight is 349 g/mol. The number of nitrogens with one attached hydrogen (secondary N) is 1. The van der Waals surface area contributed by atoms with Crippen LogP contribution in [0.15, 0.2) is 48.7 Å². The molecule has 1 aliphatic heterocycles. The van der Waals surface area contributed by atoms with Crippen LogP contribution in [0.5, 0.6) is 5.75 Å². The Labute approximate surface area is 153 Å². The van der Waals surface area contributed by atoms with E-state index in [2.05, 4.69) is 37.2 Å². The summed E-state index contributed by atoms with van der Waals surface area (Å²) < 4.78 is 8.08. The molecule has 2 aromatic heterocycles. The Kier molecular flexibility index (Phi) is 4.93. The lowest BCUT2D eigenvalue weighted by Crippen LogP contribution is -2.37. The van der Waals surface area contributed by atoms with Crippen molar-refractivity contribution in [1.29, 1.82) is 0 Å². The average Bonchev–Trinajstić information content (AvgIpc) is 3.06. The summed E-state index contributed by atoms with van der Waals surface area (Å²) in [5, 5.41) is 12.1. The van der Waals surface area contributed by atoms with Gasteiger partial charge in [-0.3, -0.25) is 4.98 Å². The van der Waals surface area contributed by atoms with E-state index in [0.717, 1.165) is 49.0 Å². The summed E-state index contributed by atoms with van der Waals surface area (Å²) in [6, 6.07) is 14.5. The van der Waals surface area contributed by atoms with E-state index in [9.17, 15) is 0 Å². The monoisotopic (exact) mass is 349 g/mol. The Morgan fingerprint density at radius 3 is 3.04 bits per heavy atom. The minimum absolute atomic E-state index is 0.440. The first kappa shape index (κ1) is 16.7. The number of benzene rings is 1. The Morgan fingerprint density at radius 1 is 1.19 bits per heavy atom. The van der Waals surface area contributed by atoms with Gasteiger partial charge in [0.25, 0.3) is 0 Å². The van der Waals surface area contributed by atoms with Gasteiger partial charge < -0.3 is 14.6 Å². The summed E-state index contributed by atoms with van der Waals surface area (Å²) in [4.78, 5) is 4.28.